The molecule has 0 aliphatic carbocycles. The van der Waals surface area contributed by atoms with Crippen molar-refractivity contribution in [2.45, 2.75) is 59.4 Å². The molecule has 0 radical (unpaired) electrons. The zero-order valence-corrected chi connectivity index (χ0v) is 13.8. The van der Waals surface area contributed by atoms with Crippen molar-refractivity contribution in [3.8, 4) is 0 Å². The minimum absolute atomic E-state index is 0.0631. The number of carbonyl (C=O) groups excluding carboxylic acids is 1. The van der Waals surface area contributed by atoms with Gasteiger partial charge in [0.15, 0.2) is 0 Å². The Morgan fingerprint density at radius 3 is 2.76 bits per heavy atom. The van der Waals surface area contributed by atoms with E-state index in [9.17, 15) is 4.79 Å². The highest BCUT2D eigenvalue weighted by atomic mass is 16.2. The Bertz CT molecular complexity index is 516. The van der Waals surface area contributed by atoms with E-state index >= 15 is 0 Å². The summed E-state index contributed by atoms with van der Waals surface area (Å²) in [7, 11) is 0. The third-order valence-corrected chi connectivity index (χ3v) is 4.03. The van der Waals surface area contributed by atoms with Gasteiger partial charge in [0, 0.05) is 24.7 Å². The van der Waals surface area contributed by atoms with Gasteiger partial charge in [-0.25, -0.2) is 0 Å². The van der Waals surface area contributed by atoms with Crippen molar-refractivity contribution in [3.63, 3.8) is 0 Å². The van der Waals surface area contributed by atoms with Crippen molar-refractivity contribution in [1.29, 1.82) is 0 Å². The fraction of sp³-hybridized carbons (Fsp3) is 0.611. The number of hydrogen-bond donors (Lipinski definition) is 1. The maximum Gasteiger partial charge on any atom is 0.228 e. The number of fused-ring (bicyclic) bond motifs is 1. The van der Waals surface area contributed by atoms with Crippen LogP contribution >= 0.6 is 0 Å². The average Bonchev–Trinajstić information content (AvgIpc) is 2.36. The van der Waals surface area contributed by atoms with Crippen LogP contribution in [0, 0.1) is 12.3 Å². The number of rotatable bonds is 3. The van der Waals surface area contributed by atoms with E-state index in [2.05, 4.69) is 45.9 Å². The monoisotopic (exact) mass is 288 g/mol. The van der Waals surface area contributed by atoms with Crippen molar-refractivity contribution >= 4 is 11.6 Å². The summed E-state index contributed by atoms with van der Waals surface area (Å²) < 4.78 is 0. The van der Waals surface area contributed by atoms with Crippen LogP contribution in [0.4, 0.5) is 5.69 Å². The van der Waals surface area contributed by atoms with Gasteiger partial charge in [-0.3, -0.25) is 4.79 Å². The second-order valence-corrected chi connectivity index (χ2v) is 7.46. The first-order valence-corrected chi connectivity index (χ1v) is 7.92. The molecule has 1 atom stereocenters. The maximum absolute atomic E-state index is 12.7. The molecule has 0 aromatic heterocycles. The van der Waals surface area contributed by atoms with Gasteiger partial charge in [0.05, 0.1) is 0 Å². The first-order valence-electron chi connectivity index (χ1n) is 7.92. The number of benzene rings is 1. The Morgan fingerprint density at radius 2 is 2.10 bits per heavy atom. The van der Waals surface area contributed by atoms with Crippen molar-refractivity contribution < 1.29 is 4.79 Å². The molecule has 3 heteroatoms. The summed E-state index contributed by atoms with van der Waals surface area (Å²) in [6.07, 6.45) is 3.41. The van der Waals surface area contributed by atoms with Gasteiger partial charge < -0.3 is 10.6 Å². The van der Waals surface area contributed by atoms with Crippen LogP contribution < -0.4 is 10.6 Å². The molecule has 0 saturated heterocycles. The molecular formula is C18H28N2O. The number of nitrogens with two attached hydrogens (primary N) is 1. The van der Waals surface area contributed by atoms with Gasteiger partial charge in [-0.2, -0.15) is 0 Å². The van der Waals surface area contributed by atoms with Gasteiger partial charge in [-0.05, 0) is 42.7 Å². The molecule has 1 aliphatic rings. The highest BCUT2D eigenvalue weighted by molar-refractivity contribution is 5.95. The van der Waals surface area contributed by atoms with Crippen molar-refractivity contribution in [1.82, 2.24) is 0 Å². The molecular weight excluding hydrogens is 260 g/mol. The predicted molar refractivity (Wildman–Crippen MR) is 88.5 cm³/mol. The second kappa shape index (κ2) is 6.18. The molecule has 1 aliphatic heterocycles. The average molecular weight is 288 g/mol. The molecule has 1 heterocycles. The lowest BCUT2D eigenvalue weighted by atomic mass is 9.87. The third kappa shape index (κ3) is 4.07. The van der Waals surface area contributed by atoms with Crippen molar-refractivity contribution in [3.05, 3.63) is 29.3 Å². The summed E-state index contributed by atoms with van der Waals surface area (Å²) in [6.45, 7) is 9.39. The van der Waals surface area contributed by atoms with Crippen LogP contribution in [0.3, 0.4) is 0 Å². The van der Waals surface area contributed by atoms with E-state index in [1.54, 1.807) is 0 Å². The topological polar surface area (TPSA) is 46.3 Å². The van der Waals surface area contributed by atoms with Gasteiger partial charge in [0.1, 0.15) is 0 Å². The summed E-state index contributed by atoms with van der Waals surface area (Å²) in [6, 6.07) is 6.23. The minimum atomic E-state index is -0.0631. The molecule has 0 saturated carbocycles. The lowest BCUT2D eigenvalue weighted by molar-refractivity contribution is -0.119. The van der Waals surface area contributed by atoms with E-state index in [1.807, 2.05) is 4.90 Å². The number of carbonyl (C=O) groups is 1. The lowest BCUT2D eigenvalue weighted by Crippen LogP contribution is -2.40. The summed E-state index contributed by atoms with van der Waals surface area (Å²) >= 11 is 0. The van der Waals surface area contributed by atoms with E-state index in [0.717, 1.165) is 31.5 Å². The van der Waals surface area contributed by atoms with E-state index in [1.165, 1.54) is 11.1 Å². The molecule has 1 aromatic carbocycles. The first kappa shape index (κ1) is 16.0. The highest BCUT2D eigenvalue weighted by Gasteiger charge is 2.26. The summed E-state index contributed by atoms with van der Waals surface area (Å²) in [5.41, 5.74) is 9.94. The molecule has 1 aromatic rings. The third-order valence-electron chi connectivity index (χ3n) is 4.03. The standard InChI is InChI=1S/C18H28N2O/c1-13-7-5-8-14-9-6-10-20(17(13)14)16(21)11-15(19)12-18(2,3)4/h5,7-8,15H,6,9-12,19H2,1-4H3. The molecule has 0 fully saturated rings. The molecule has 3 nitrogen and oxygen atoms in total. The Kier molecular flexibility index (Phi) is 4.72. The fourth-order valence-electron chi connectivity index (χ4n) is 3.29. The van der Waals surface area contributed by atoms with E-state index < -0.39 is 0 Å². The van der Waals surface area contributed by atoms with E-state index in [-0.39, 0.29) is 17.4 Å². The molecule has 116 valence electrons. The molecule has 0 bridgehead atoms. The quantitative estimate of drug-likeness (QED) is 0.926. The molecule has 21 heavy (non-hydrogen) atoms. The van der Waals surface area contributed by atoms with Gasteiger partial charge in [-0.15, -0.1) is 0 Å². The van der Waals surface area contributed by atoms with Crippen LogP contribution in [-0.2, 0) is 11.2 Å². The zero-order valence-electron chi connectivity index (χ0n) is 13.8. The molecule has 0 spiro atoms. The molecule has 1 amide bonds. The largest absolute Gasteiger partial charge is 0.327 e. The van der Waals surface area contributed by atoms with Crippen molar-refractivity contribution in [2.75, 3.05) is 11.4 Å². The fourth-order valence-corrected chi connectivity index (χ4v) is 3.29. The van der Waals surface area contributed by atoms with Crippen LogP contribution in [-0.4, -0.2) is 18.5 Å². The van der Waals surface area contributed by atoms with Gasteiger partial charge in [-0.1, -0.05) is 39.0 Å². The predicted octanol–water partition coefficient (Wildman–Crippen LogP) is 3.43. The smallest absolute Gasteiger partial charge is 0.228 e. The number of para-hydroxylation sites is 1. The summed E-state index contributed by atoms with van der Waals surface area (Å²) in [5.74, 6) is 0.169. The van der Waals surface area contributed by atoms with Crippen molar-refractivity contribution in [2.24, 2.45) is 11.1 Å². The van der Waals surface area contributed by atoms with E-state index in [0.29, 0.717) is 6.42 Å². The number of amides is 1. The van der Waals surface area contributed by atoms with Gasteiger partial charge in [0.2, 0.25) is 5.91 Å². The summed E-state index contributed by atoms with van der Waals surface area (Å²) in [5, 5.41) is 0. The lowest BCUT2D eigenvalue weighted by Gasteiger charge is -2.32. The van der Waals surface area contributed by atoms with Gasteiger partial charge >= 0.3 is 0 Å². The highest BCUT2D eigenvalue weighted by Crippen LogP contribution is 2.31. The first-order chi connectivity index (χ1) is 9.78. The van der Waals surface area contributed by atoms with Crippen LogP contribution in [0.5, 0.6) is 0 Å². The maximum atomic E-state index is 12.7. The zero-order chi connectivity index (χ0) is 15.6. The van der Waals surface area contributed by atoms with Gasteiger partial charge in [0.25, 0.3) is 0 Å². The number of hydrogen-bond acceptors (Lipinski definition) is 2. The normalized spacial score (nSPS) is 16.5. The van der Waals surface area contributed by atoms with Crippen LogP contribution in [0.15, 0.2) is 18.2 Å². The Labute approximate surface area is 128 Å². The molecule has 2 N–H and O–H groups in total. The Hall–Kier alpha value is -1.35. The number of nitrogens with zero attached hydrogens (tertiary/aromatic N) is 1. The SMILES string of the molecule is Cc1cccc2c1N(C(=O)CC(N)CC(C)(C)C)CCC2. The number of aryl methyl sites for hydroxylation is 2. The van der Waals surface area contributed by atoms with Crippen LogP contribution in [0.25, 0.3) is 0 Å². The van der Waals surface area contributed by atoms with E-state index in [4.69, 9.17) is 5.73 Å². The minimum Gasteiger partial charge on any atom is -0.327 e. The molecule has 1 unspecified atom stereocenters. The molecule has 2 rings (SSSR count). The van der Waals surface area contributed by atoms with Crippen LogP contribution in [0.2, 0.25) is 0 Å². The number of anilines is 1. The van der Waals surface area contributed by atoms with Crippen LogP contribution in [0.1, 0.15) is 51.2 Å². The second-order valence-electron chi connectivity index (χ2n) is 7.46. The Balaban J connectivity index is 2.12. The summed E-state index contributed by atoms with van der Waals surface area (Å²) in [4.78, 5) is 14.6. The Morgan fingerprint density at radius 1 is 1.38 bits per heavy atom.